The average molecular weight is 504 g/mol. The monoisotopic (exact) mass is 503 g/mol. The van der Waals surface area contributed by atoms with Gasteiger partial charge in [-0.25, -0.2) is 46.0 Å². The van der Waals surface area contributed by atoms with E-state index in [4.69, 9.17) is 16.8 Å². The standard InChI is InChI=1S/C4H11NO.C3H9NO.C2H7NO.CH5N3O.CH5N3S.CH5NO.H4N2.H3NO/c1-2-3-4-6-5;1-2-3-5-4;1-2-4-3;2*2-1(5)4-3;1-3-2;2*1-2/h2-5H2,1H3;2-4H2,1H3;2-3H2,1H3;2*3H2,(H3,2,4,5);2H2,1H3;1-2H2;2H,1H2. The first-order valence-electron chi connectivity index (χ1n) is 8.49. The number of rotatable bonds is 6. The van der Waals surface area contributed by atoms with Gasteiger partial charge in [0.1, 0.15) is 0 Å². The Morgan fingerprint density at radius 3 is 1.16 bits per heavy atom. The average Bonchev–Trinajstić information content (AvgIpc) is 2.82. The van der Waals surface area contributed by atoms with Crippen LogP contribution in [0, 0.1) is 0 Å². The Labute approximate surface area is 195 Å². The number of hydrogen-bond acceptors (Lipinski definition) is 16. The summed E-state index contributed by atoms with van der Waals surface area (Å²) in [6.07, 6.45) is 3.21. The number of amides is 2. The molecule has 204 valence electrons. The highest BCUT2D eigenvalue weighted by Crippen LogP contribution is 1.82. The maximum atomic E-state index is 9.35. The molecule has 0 aromatic carbocycles. The van der Waals surface area contributed by atoms with Crippen LogP contribution in [0.25, 0.3) is 0 Å². The van der Waals surface area contributed by atoms with Gasteiger partial charge in [0.2, 0.25) is 0 Å². The summed E-state index contributed by atoms with van der Waals surface area (Å²) >= 11 is 4.24. The third-order valence-electron chi connectivity index (χ3n) is 1.39. The number of nitrogens with two attached hydrogens (primary N) is 11. The molecule has 0 atom stereocenters. The van der Waals surface area contributed by atoms with Gasteiger partial charge < -0.3 is 41.5 Å². The van der Waals surface area contributed by atoms with Crippen LogP contribution in [-0.4, -0.2) is 43.3 Å². The second-order valence-electron chi connectivity index (χ2n) is 3.80. The van der Waals surface area contributed by atoms with E-state index >= 15 is 0 Å². The Bertz CT molecular complexity index is 243. The number of thiocarbonyl (C=S) groups is 1. The van der Waals surface area contributed by atoms with Crippen molar-refractivity contribution >= 4 is 23.4 Å². The Morgan fingerprint density at radius 1 is 0.844 bits per heavy atom. The molecule has 0 fully saturated rings. The van der Waals surface area contributed by atoms with E-state index in [2.05, 4.69) is 91.2 Å². The van der Waals surface area contributed by atoms with Gasteiger partial charge in [-0.3, -0.25) is 17.1 Å². The Balaban J connectivity index is -0.0000000352. The predicted octanol–water partition coefficient (Wildman–Crippen LogP) is -4.26. The van der Waals surface area contributed by atoms with Crippen molar-refractivity contribution in [2.75, 3.05) is 26.9 Å². The normalized spacial score (nSPS) is 6.94. The quantitative estimate of drug-likeness (QED) is 0.0535. The van der Waals surface area contributed by atoms with Crippen molar-refractivity contribution in [1.82, 2.24) is 10.9 Å². The van der Waals surface area contributed by atoms with Crippen molar-refractivity contribution < 1.29 is 29.4 Å². The van der Waals surface area contributed by atoms with Crippen LogP contribution in [-0.2, 0) is 19.4 Å². The van der Waals surface area contributed by atoms with Gasteiger partial charge in [0.15, 0.2) is 5.11 Å². The SMILES string of the molecule is CCCCON.CCCON.CCON.CON.NN.NNC(N)=O.NNC(N)=S.NO. The summed E-state index contributed by atoms with van der Waals surface area (Å²) < 4.78 is 0. The van der Waals surface area contributed by atoms with Gasteiger partial charge in [0.25, 0.3) is 0 Å². The van der Waals surface area contributed by atoms with E-state index in [-0.39, 0.29) is 5.11 Å². The molecule has 0 unspecified atom stereocenters. The summed E-state index contributed by atoms with van der Waals surface area (Å²) in [5.41, 5.74) is 12.9. The highest BCUT2D eigenvalue weighted by atomic mass is 32.1. The minimum atomic E-state index is -0.718. The molecule has 0 aliphatic rings. The summed E-state index contributed by atoms with van der Waals surface area (Å²) in [5, 5.41) is 6.62. The molecule has 0 aliphatic carbocycles. The molecular formula is C12H49N13O6S. The van der Waals surface area contributed by atoms with Gasteiger partial charge in [-0.15, -0.1) is 0 Å². The highest BCUT2D eigenvalue weighted by Gasteiger charge is 1.75. The van der Waals surface area contributed by atoms with Gasteiger partial charge in [-0.2, -0.15) is 0 Å². The molecule has 0 rings (SSSR count). The third-order valence-corrected chi connectivity index (χ3v) is 1.51. The summed E-state index contributed by atoms with van der Waals surface area (Å²) in [7, 11) is 1.40. The Hall–Kier alpha value is -1.60. The molecule has 0 saturated carbocycles. The molecule has 25 N–H and O–H groups in total. The van der Waals surface area contributed by atoms with Gasteiger partial charge >= 0.3 is 6.03 Å². The predicted molar refractivity (Wildman–Crippen MR) is 128 cm³/mol. The smallest absolute Gasteiger partial charge is 0.326 e. The zero-order chi connectivity index (χ0) is 27.6. The summed E-state index contributed by atoms with van der Waals surface area (Å²) in [6.45, 7) is 7.89. The molecule has 0 aromatic rings. The molecule has 0 aromatic heterocycles. The maximum absolute atomic E-state index is 9.35. The van der Waals surface area contributed by atoms with Gasteiger partial charge in [-0.1, -0.05) is 20.3 Å². The van der Waals surface area contributed by atoms with Crippen LogP contribution in [0.5, 0.6) is 0 Å². The first-order chi connectivity index (χ1) is 15.2. The number of urea groups is 1. The number of nitrogens with one attached hydrogen (secondary N) is 2. The molecule has 2 amide bonds. The number of hydrazine groups is 3. The topological polar surface area (TPSA) is 384 Å². The van der Waals surface area contributed by atoms with E-state index in [1.807, 2.05) is 19.3 Å². The zero-order valence-corrected chi connectivity index (χ0v) is 20.3. The first-order valence-corrected chi connectivity index (χ1v) is 8.90. The van der Waals surface area contributed by atoms with Gasteiger partial charge in [0, 0.05) is 0 Å². The molecule has 20 heteroatoms. The highest BCUT2D eigenvalue weighted by molar-refractivity contribution is 7.80. The van der Waals surface area contributed by atoms with E-state index in [1.165, 1.54) is 7.11 Å². The molecular weight excluding hydrogens is 454 g/mol. The largest absolute Gasteiger partial charge is 0.375 e. The summed E-state index contributed by atoms with van der Waals surface area (Å²) in [6, 6.07) is -0.718. The lowest BCUT2D eigenvalue weighted by Gasteiger charge is -1.88. The van der Waals surface area contributed by atoms with E-state index in [0.717, 1.165) is 19.3 Å². The first kappa shape index (κ1) is 52.4. The van der Waals surface area contributed by atoms with Crippen LogP contribution in [0.15, 0.2) is 0 Å². The number of carbonyl (C=O) groups is 1. The summed E-state index contributed by atoms with van der Waals surface area (Å²) in [5.74, 6) is 38.8. The van der Waals surface area contributed by atoms with E-state index in [9.17, 15) is 4.79 Å². The third kappa shape index (κ3) is 302. The van der Waals surface area contributed by atoms with Crippen LogP contribution in [0.2, 0.25) is 0 Å². The molecule has 19 nitrogen and oxygen atoms in total. The van der Waals surface area contributed by atoms with Crippen LogP contribution in [0.3, 0.4) is 0 Å². The molecule has 0 heterocycles. The van der Waals surface area contributed by atoms with Crippen LogP contribution in [0.4, 0.5) is 4.79 Å². The van der Waals surface area contributed by atoms with E-state index in [1.54, 1.807) is 5.43 Å². The zero-order valence-electron chi connectivity index (χ0n) is 19.5. The van der Waals surface area contributed by atoms with Crippen LogP contribution >= 0.6 is 12.2 Å². The van der Waals surface area contributed by atoms with Gasteiger partial charge in [0.05, 0.1) is 26.9 Å². The number of carbonyl (C=O) groups excluding carboxylic acids is 1. The minimum Gasteiger partial charge on any atom is -0.375 e. The Morgan fingerprint density at radius 2 is 1.12 bits per heavy atom. The fraction of sp³-hybridized carbons (Fsp3) is 0.833. The second kappa shape index (κ2) is 88.2. The molecule has 0 spiro atoms. The number of hydrogen-bond donors (Lipinski definition) is 14. The molecule has 0 aliphatic heterocycles. The fourth-order valence-corrected chi connectivity index (χ4v) is 0.346. The van der Waals surface area contributed by atoms with Crippen molar-refractivity contribution in [3.05, 3.63) is 0 Å². The lowest BCUT2D eigenvalue weighted by molar-refractivity contribution is 0.135. The van der Waals surface area contributed by atoms with Crippen molar-refractivity contribution in [1.29, 1.82) is 0 Å². The van der Waals surface area contributed by atoms with Crippen molar-refractivity contribution in [2.45, 2.75) is 40.0 Å². The maximum Gasteiger partial charge on any atom is 0.326 e. The van der Waals surface area contributed by atoms with Crippen LogP contribution in [0.1, 0.15) is 40.0 Å². The fourth-order valence-electron chi connectivity index (χ4n) is 0.346. The van der Waals surface area contributed by atoms with Crippen molar-refractivity contribution in [3.63, 3.8) is 0 Å². The lowest BCUT2D eigenvalue weighted by Crippen LogP contribution is -2.34. The second-order valence-corrected chi connectivity index (χ2v) is 4.24. The molecule has 0 saturated heterocycles. The van der Waals surface area contributed by atoms with Crippen LogP contribution < -0.4 is 75.2 Å². The van der Waals surface area contributed by atoms with Crippen molar-refractivity contribution in [3.8, 4) is 0 Å². The number of unbranched alkanes of at least 4 members (excludes halogenated alkanes) is 1. The van der Waals surface area contributed by atoms with Gasteiger partial charge in [-0.05, 0) is 32.0 Å². The molecule has 32 heavy (non-hydrogen) atoms. The Kier molecular flexibility index (Phi) is 144. The molecule has 0 radical (unpaired) electrons. The number of primary amides is 1. The minimum absolute atomic E-state index is 0.116. The lowest BCUT2D eigenvalue weighted by atomic mass is 10.4. The van der Waals surface area contributed by atoms with E-state index < -0.39 is 6.03 Å². The van der Waals surface area contributed by atoms with E-state index in [0.29, 0.717) is 19.8 Å². The summed E-state index contributed by atoms with van der Waals surface area (Å²) in [4.78, 5) is 25.6. The molecule has 0 bridgehead atoms. The van der Waals surface area contributed by atoms with Crippen molar-refractivity contribution in [2.24, 2.45) is 64.3 Å².